The molecule has 84 valence electrons. The van der Waals surface area contributed by atoms with Gasteiger partial charge in [-0.2, -0.15) is 12.6 Å². The van der Waals surface area contributed by atoms with Crippen molar-refractivity contribution in [2.24, 2.45) is 11.7 Å². The van der Waals surface area contributed by atoms with Gasteiger partial charge in [0.05, 0.1) is 12.2 Å². The molecule has 1 aliphatic heterocycles. The minimum absolute atomic E-state index is 0.129. The Hall–Kier alpha value is 0.270. The second-order valence-electron chi connectivity index (χ2n) is 5.07. The van der Waals surface area contributed by atoms with Gasteiger partial charge in [-0.05, 0) is 52.5 Å². The third-order valence-corrected chi connectivity index (χ3v) is 3.62. The molecule has 2 fully saturated rings. The van der Waals surface area contributed by atoms with Crippen molar-refractivity contribution >= 4 is 12.6 Å². The first kappa shape index (κ1) is 12.3. The predicted molar refractivity (Wildman–Crippen MR) is 63.8 cm³/mol. The van der Waals surface area contributed by atoms with E-state index in [0.717, 1.165) is 12.5 Å². The van der Waals surface area contributed by atoms with Gasteiger partial charge in [-0.1, -0.05) is 0 Å². The molecule has 1 atom stereocenters. The number of ether oxygens (including phenoxy) is 1. The first-order chi connectivity index (χ1) is 6.49. The fourth-order valence-electron chi connectivity index (χ4n) is 2.17. The largest absolute Gasteiger partial charge is 0.375 e. The first-order valence-electron chi connectivity index (χ1n) is 5.43. The summed E-state index contributed by atoms with van der Waals surface area (Å²) in [5, 5.41) is 0. The van der Waals surface area contributed by atoms with Gasteiger partial charge < -0.3 is 10.5 Å². The van der Waals surface area contributed by atoms with Crippen LogP contribution in [0.3, 0.4) is 0 Å². The normalized spacial score (nSPS) is 31.9. The van der Waals surface area contributed by atoms with Crippen LogP contribution in [0, 0.1) is 5.92 Å². The molecule has 14 heavy (non-hydrogen) atoms. The zero-order valence-electron chi connectivity index (χ0n) is 9.55. The molecule has 2 N–H and O–H groups in total. The molecule has 1 saturated carbocycles. The maximum absolute atomic E-state index is 5.69. The van der Waals surface area contributed by atoms with E-state index in [1.807, 2.05) is 0 Å². The Balaban J connectivity index is 0.000000461. The van der Waals surface area contributed by atoms with Crippen LogP contribution in [-0.4, -0.2) is 24.0 Å². The molecule has 0 spiro atoms. The number of hydrogen-bond donors (Lipinski definition) is 2. The van der Waals surface area contributed by atoms with Crippen molar-refractivity contribution in [1.29, 1.82) is 0 Å². The highest BCUT2D eigenvalue weighted by Crippen LogP contribution is 2.49. The van der Waals surface area contributed by atoms with Gasteiger partial charge in [-0.15, -0.1) is 0 Å². The molecule has 3 heteroatoms. The van der Waals surface area contributed by atoms with E-state index in [1.54, 1.807) is 0 Å². The summed E-state index contributed by atoms with van der Waals surface area (Å²) in [7, 11) is 1.50. The molecule has 1 saturated heterocycles. The highest BCUT2D eigenvalue weighted by atomic mass is 32.1. The maximum atomic E-state index is 5.69. The van der Waals surface area contributed by atoms with E-state index >= 15 is 0 Å². The SMILES string of the molecule is CC1(C)CC(CC2(S)CC2)CO1.CN. The fourth-order valence-corrected chi connectivity index (χ4v) is 2.54. The molecule has 1 unspecified atom stereocenters. The Bertz CT molecular complexity index is 190. The van der Waals surface area contributed by atoms with E-state index in [-0.39, 0.29) is 5.60 Å². The van der Waals surface area contributed by atoms with Crippen LogP contribution < -0.4 is 5.73 Å². The monoisotopic (exact) mass is 217 g/mol. The van der Waals surface area contributed by atoms with Crippen molar-refractivity contribution in [2.45, 2.75) is 49.9 Å². The standard InChI is InChI=1S/C10H18OS.CH5N/c1-9(2)5-8(7-11-9)6-10(12)3-4-10;1-2/h8,12H,3-7H2,1-2H3;2H2,1H3. The van der Waals surface area contributed by atoms with Crippen molar-refractivity contribution in [3.63, 3.8) is 0 Å². The highest BCUT2D eigenvalue weighted by Gasteiger charge is 2.43. The van der Waals surface area contributed by atoms with E-state index < -0.39 is 0 Å². The van der Waals surface area contributed by atoms with Crippen LogP contribution in [-0.2, 0) is 4.74 Å². The smallest absolute Gasteiger partial charge is 0.0630 e. The van der Waals surface area contributed by atoms with E-state index in [4.69, 9.17) is 4.74 Å². The van der Waals surface area contributed by atoms with E-state index in [1.165, 1.54) is 32.7 Å². The van der Waals surface area contributed by atoms with Gasteiger partial charge >= 0.3 is 0 Å². The molecular weight excluding hydrogens is 194 g/mol. The van der Waals surface area contributed by atoms with Crippen LogP contribution in [0.4, 0.5) is 0 Å². The lowest BCUT2D eigenvalue weighted by atomic mass is 9.93. The number of nitrogens with two attached hydrogens (primary N) is 1. The van der Waals surface area contributed by atoms with Crippen molar-refractivity contribution in [3.8, 4) is 0 Å². The van der Waals surface area contributed by atoms with E-state index in [0.29, 0.717) is 4.75 Å². The van der Waals surface area contributed by atoms with Crippen LogP contribution in [0.1, 0.15) is 39.5 Å². The van der Waals surface area contributed by atoms with Crippen LogP contribution in [0.25, 0.3) is 0 Å². The topological polar surface area (TPSA) is 35.2 Å². The summed E-state index contributed by atoms with van der Waals surface area (Å²) in [5.41, 5.74) is 4.63. The minimum Gasteiger partial charge on any atom is -0.375 e. The first-order valence-corrected chi connectivity index (χ1v) is 5.88. The third kappa shape index (κ3) is 3.44. The van der Waals surface area contributed by atoms with Crippen molar-refractivity contribution < 1.29 is 4.74 Å². The fraction of sp³-hybridized carbons (Fsp3) is 1.00. The van der Waals surface area contributed by atoms with Crippen LogP contribution in [0.2, 0.25) is 0 Å². The van der Waals surface area contributed by atoms with Gasteiger partial charge in [0, 0.05) is 4.75 Å². The molecular formula is C11H23NOS. The summed E-state index contributed by atoms with van der Waals surface area (Å²) < 4.78 is 6.09. The predicted octanol–water partition coefficient (Wildman–Crippen LogP) is 2.23. The van der Waals surface area contributed by atoms with Gasteiger partial charge in [0.2, 0.25) is 0 Å². The number of rotatable bonds is 2. The van der Waals surface area contributed by atoms with E-state index in [9.17, 15) is 0 Å². The second-order valence-corrected chi connectivity index (χ2v) is 6.02. The Morgan fingerprint density at radius 2 is 1.93 bits per heavy atom. The van der Waals surface area contributed by atoms with Gasteiger partial charge in [0.25, 0.3) is 0 Å². The summed E-state index contributed by atoms with van der Waals surface area (Å²) in [6, 6.07) is 0. The van der Waals surface area contributed by atoms with Crippen LogP contribution >= 0.6 is 12.6 Å². The van der Waals surface area contributed by atoms with Gasteiger partial charge in [0.1, 0.15) is 0 Å². The van der Waals surface area contributed by atoms with Crippen molar-refractivity contribution in [2.75, 3.05) is 13.7 Å². The number of thiol groups is 1. The average molecular weight is 217 g/mol. The quantitative estimate of drug-likeness (QED) is 0.696. The third-order valence-electron chi connectivity index (χ3n) is 2.99. The Kier molecular flexibility index (Phi) is 3.89. The van der Waals surface area contributed by atoms with Crippen LogP contribution in [0.5, 0.6) is 0 Å². The molecule has 0 amide bonds. The lowest BCUT2D eigenvalue weighted by Gasteiger charge is -2.16. The molecule has 2 rings (SSSR count). The average Bonchev–Trinajstić information content (AvgIpc) is 2.73. The highest BCUT2D eigenvalue weighted by molar-refractivity contribution is 7.82. The van der Waals surface area contributed by atoms with E-state index in [2.05, 4.69) is 32.2 Å². The van der Waals surface area contributed by atoms with Gasteiger partial charge in [-0.3, -0.25) is 0 Å². The molecule has 0 radical (unpaired) electrons. The number of hydrogen-bond acceptors (Lipinski definition) is 3. The molecule has 0 aromatic rings. The summed E-state index contributed by atoms with van der Waals surface area (Å²) in [5.74, 6) is 0.764. The zero-order valence-corrected chi connectivity index (χ0v) is 10.4. The van der Waals surface area contributed by atoms with Gasteiger partial charge in [-0.25, -0.2) is 0 Å². The summed E-state index contributed by atoms with van der Waals surface area (Å²) >= 11 is 4.64. The summed E-state index contributed by atoms with van der Waals surface area (Å²) in [4.78, 5) is 0. The lowest BCUT2D eigenvalue weighted by molar-refractivity contribution is 0.0348. The summed E-state index contributed by atoms with van der Waals surface area (Å²) in [6.07, 6.45) is 5.11. The van der Waals surface area contributed by atoms with Crippen LogP contribution in [0.15, 0.2) is 0 Å². The Morgan fingerprint density at radius 3 is 2.29 bits per heavy atom. The van der Waals surface area contributed by atoms with Crippen molar-refractivity contribution in [1.82, 2.24) is 0 Å². The van der Waals surface area contributed by atoms with Gasteiger partial charge in [0.15, 0.2) is 0 Å². The molecule has 1 heterocycles. The van der Waals surface area contributed by atoms with Crippen molar-refractivity contribution in [3.05, 3.63) is 0 Å². The zero-order chi connectivity index (χ0) is 10.8. The molecule has 0 aromatic carbocycles. The molecule has 0 bridgehead atoms. The maximum Gasteiger partial charge on any atom is 0.0630 e. The molecule has 0 aromatic heterocycles. The summed E-state index contributed by atoms with van der Waals surface area (Å²) in [6.45, 7) is 5.32. The Morgan fingerprint density at radius 1 is 1.36 bits per heavy atom. The minimum atomic E-state index is 0.129. The molecule has 1 aliphatic carbocycles. The lowest BCUT2D eigenvalue weighted by Crippen LogP contribution is -2.17. The second kappa shape index (κ2) is 4.42. The molecule has 2 aliphatic rings. The molecule has 2 nitrogen and oxygen atoms in total. The Labute approximate surface area is 93.0 Å².